The van der Waals surface area contributed by atoms with E-state index in [4.69, 9.17) is 5.11 Å². The van der Waals surface area contributed by atoms with Gasteiger partial charge in [0.25, 0.3) is 0 Å². The maximum atomic E-state index is 13.4. The molecule has 0 saturated heterocycles. The van der Waals surface area contributed by atoms with Crippen LogP contribution in [0.1, 0.15) is 15.9 Å². The Morgan fingerprint density at radius 2 is 1.95 bits per heavy atom. The van der Waals surface area contributed by atoms with Gasteiger partial charge in [0.05, 0.1) is 6.20 Å². The predicted octanol–water partition coefficient (Wildman–Crippen LogP) is 2.81. The summed E-state index contributed by atoms with van der Waals surface area (Å²) in [6.07, 6.45) is 0.843. The van der Waals surface area contributed by atoms with Crippen molar-refractivity contribution in [3.05, 3.63) is 59.0 Å². The Hall–Kier alpha value is -2.57. The second-order valence-electron chi connectivity index (χ2n) is 3.94. The van der Waals surface area contributed by atoms with E-state index in [-0.39, 0.29) is 23.5 Å². The molecule has 1 aromatic heterocycles. The first-order valence-electron chi connectivity index (χ1n) is 5.54. The molecule has 0 unspecified atom stereocenters. The van der Waals surface area contributed by atoms with Crippen molar-refractivity contribution in [2.75, 3.05) is 5.32 Å². The van der Waals surface area contributed by atoms with Gasteiger partial charge >= 0.3 is 5.97 Å². The number of halogens is 3. The fourth-order valence-electron chi connectivity index (χ4n) is 1.59. The summed E-state index contributed by atoms with van der Waals surface area (Å²) < 4.78 is 39.1. The summed E-state index contributed by atoms with van der Waals surface area (Å²) in [7, 11) is 0. The number of hydrogen-bond acceptors (Lipinski definition) is 3. The van der Waals surface area contributed by atoms with Gasteiger partial charge in [0.15, 0.2) is 0 Å². The third-order valence-corrected chi connectivity index (χ3v) is 2.55. The van der Waals surface area contributed by atoms with Gasteiger partial charge in [-0.15, -0.1) is 0 Å². The summed E-state index contributed by atoms with van der Waals surface area (Å²) in [6, 6.07) is 3.82. The lowest BCUT2D eigenvalue weighted by molar-refractivity contribution is 0.0697. The summed E-state index contributed by atoms with van der Waals surface area (Å²) in [5.41, 5.74) is -0.235. The number of rotatable bonds is 4. The number of carboxylic acids is 1. The van der Waals surface area contributed by atoms with Gasteiger partial charge in [-0.3, -0.25) is 0 Å². The minimum absolute atomic E-state index is 0.0948. The fraction of sp³-hybridized carbons (Fsp3) is 0.0769. The number of aromatic nitrogens is 1. The first kappa shape index (κ1) is 13.9. The van der Waals surface area contributed by atoms with Gasteiger partial charge < -0.3 is 10.4 Å². The molecule has 1 heterocycles. The van der Waals surface area contributed by atoms with E-state index in [1.807, 2.05) is 0 Å². The largest absolute Gasteiger partial charge is 0.478 e. The predicted molar refractivity (Wildman–Crippen MR) is 64.8 cm³/mol. The van der Waals surface area contributed by atoms with Crippen molar-refractivity contribution in [2.24, 2.45) is 0 Å². The van der Waals surface area contributed by atoms with Crippen molar-refractivity contribution in [1.82, 2.24) is 4.98 Å². The summed E-state index contributed by atoms with van der Waals surface area (Å²) >= 11 is 0. The van der Waals surface area contributed by atoms with E-state index in [1.165, 1.54) is 6.07 Å². The molecule has 0 fully saturated rings. The molecule has 2 N–H and O–H groups in total. The maximum Gasteiger partial charge on any atom is 0.339 e. The third-order valence-electron chi connectivity index (χ3n) is 2.55. The van der Waals surface area contributed by atoms with E-state index in [1.54, 1.807) is 0 Å². The molecule has 2 rings (SSSR count). The number of nitrogens with zero attached hydrogens (tertiary/aromatic N) is 1. The van der Waals surface area contributed by atoms with Gasteiger partial charge in [0, 0.05) is 18.2 Å². The summed E-state index contributed by atoms with van der Waals surface area (Å²) in [5, 5.41) is 11.5. The topological polar surface area (TPSA) is 62.2 Å². The molecule has 0 aliphatic rings. The molecule has 0 aliphatic heterocycles. The van der Waals surface area contributed by atoms with E-state index in [0.717, 1.165) is 18.3 Å². The molecule has 1 aromatic carbocycles. The normalized spacial score (nSPS) is 10.3. The standard InChI is InChI=1S/C13H9F3N2O2/c14-8-2-1-7(11(16)4-8)5-17-12-10(13(19)20)3-9(15)6-18-12/h1-4,6H,5H2,(H,17,18)(H,19,20). The van der Waals surface area contributed by atoms with Crippen LogP contribution >= 0.6 is 0 Å². The van der Waals surface area contributed by atoms with Crippen LogP contribution in [0.2, 0.25) is 0 Å². The number of carboxylic acid groups (broad SMARTS) is 1. The van der Waals surface area contributed by atoms with E-state index < -0.39 is 23.4 Å². The number of anilines is 1. The highest BCUT2D eigenvalue weighted by Crippen LogP contribution is 2.16. The smallest absolute Gasteiger partial charge is 0.339 e. The minimum Gasteiger partial charge on any atom is -0.478 e. The van der Waals surface area contributed by atoms with E-state index in [9.17, 15) is 18.0 Å². The minimum atomic E-state index is -1.36. The van der Waals surface area contributed by atoms with Gasteiger partial charge in [-0.05, 0) is 12.1 Å². The van der Waals surface area contributed by atoms with Crippen molar-refractivity contribution in [3.8, 4) is 0 Å². The molecular weight excluding hydrogens is 273 g/mol. The average Bonchev–Trinajstić information content (AvgIpc) is 2.38. The Balaban J connectivity index is 2.20. The molecule has 20 heavy (non-hydrogen) atoms. The SMILES string of the molecule is O=C(O)c1cc(F)cnc1NCc1ccc(F)cc1F. The molecule has 0 amide bonds. The third kappa shape index (κ3) is 3.05. The lowest BCUT2D eigenvalue weighted by Crippen LogP contribution is -2.09. The first-order valence-corrected chi connectivity index (χ1v) is 5.54. The second-order valence-corrected chi connectivity index (χ2v) is 3.94. The van der Waals surface area contributed by atoms with Crippen LogP contribution in [-0.2, 0) is 6.54 Å². The van der Waals surface area contributed by atoms with Gasteiger partial charge in [-0.1, -0.05) is 6.07 Å². The molecule has 4 nitrogen and oxygen atoms in total. The van der Waals surface area contributed by atoms with E-state index in [0.29, 0.717) is 6.07 Å². The van der Waals surface area contributed by atoms with Crippen LogP contribution < -0.4 is 5.32 Å². The number of carbonyl (C=O) groups is 1. The first-order chi connectivity index (χ1) is 9.47. The Morgan fingerprint density at radius 3 is 2.60 bits per heavy atom. The van der Waals surface area contributed by atoms with Gasteiger partial charge in [-0.25, -0.2) is 22.9 Å². The average molecular weight is 282 g/mol. The van der Waals surface area contributed by atoms with Crippen molar-refractivity contribution in [3.63, 3.8) is 0 Å². The lowest BCUT2D eigenvalue weighted by atomic mass is 10.2. The molecule has 0 spiro atoms. The zero-order chi connectivity index (χ0) is 14.7. The van der Waals surface area contributed by atoms with Crippen LogP contribution in [0, 0.1) is 17.5 Å². The number of aromatic carboxylic acids is 1. The Morgan fingerprint density at radius 1 is 1.20 bits per heavy atom. The van der Waals surface area contributed by atoms with Crippen molar-refractivity contribution < 1.29 is 23.1 Å². The zero-order valence-electron chi connectivity index (χ0n) is 10.0. The Bertz CT molecular complexity index is 662. The fourth-order valence-corrected chi connectivity index (χ4v) is 1.59. The monoisotopic (exact) mass is 282 g/mol. The quantitative estimate of drug-likeness (QED) is 0.905. The van der Waals surface area contributed by atoms with Crippen LogP contribution in [0.5, 0.6) is 0 Å². The highest BCUT2D eigenvalue weighted by Gasteiger charge is 2.13. The highest BCUT2D eigenvalue weighted by atomic mass is 19.1. The molecule has 0 radical (unpaired) electrons. The van der Waals surface area contributed by atoms with Gasteiger partial charge in [-0.2, -0.15) is 0 Å². The molecule has 104 valence electrons. The Labute approximate surface area is 111 Å². The summed E-state index contributed by atoms with van der Waals surface area (Å²) in [5.74, 6) is -3.73. The van der Waals surface area contributed by atoms with Crippen LogP contribution in [0.25, 0.3) is 0 Å². The second kappa shape index (κ2) is 5.60. The number of hydrogen-bond donors (Lipinski definition) is 2. The van der Waals surface area contributed by atoms with E-state index >= 15 is 0 Å². The van der Waals surface area contributed by atoms with Crippen LogP contribution in [0.3, 0.4) is 0 Å². The molecule has 0 bridgehead atoms. The van der Waals surface area contributed by atoms with Gasteiger partial charge in [0.1, 0.15) is 28.8 Å². The molecular formula is C13H9F3N2O2. The zero-order valence-corrected chi connectivity index (χ0v) is 10.0. The number of benzene rings is 1. The number of nitrogens with one attached hydrogen (secondary N) is 1. The molecule has 7 heteroatoms. The molecule has 0 saturated carbocycles. The summed E-state index contributed by atoms with van der Waals surface area (Å²) in [4.78, 5) is 14.5. The lowest BCUT2D eigenvalue weighted by Gasteiger charge is -2.09. The highest BCUT2D eigenvalue weighted by molar-refractivity contribution is 5.93. The van der Waals surface area contributed by atoms with Gasteiger partial charge in [0.2, 0.25) is 0 Å². The maximum absolute atomic E-state index is 13.4. The molecule has 2 aromatic rings. The molecule has 0 atom stereocenters. The van der Waals surface area contributed by atoms with Crippen LogP contribution in [-0.4, -0.2) is 16.1 Å². The van der Waals surface area contributed by atoms with Crippen molar-refractivity contribution in [2.45, 2.75) is 6.54 Å². The Kier molecular flexibility index (Phi) is 3.88. The van der Waals surface area contributed by atoms with Crippen molar-refractivity contribution in [1.29, 1.82) is 0 Å². The van der Waals surface area contributed by atoms with Crippen LogP contribution in [0.15, 0.2) is 30.5 Å². The van der Waals surface area contributed by atoms with E-state index in [2.05, 4.69) is 10.3 Å². The van der Waals surface area contributed by atoms with Crippen LogP contribution in [0.4, 0.5) is 19.0 Å². The summed E-state index contributed by atoms with van der Waals surface area (Å²) in [6.45, 7) is -0.106. The number of pyridine rings is 1. The molecule has 0 aliphatic carbocycles. The van der Waals surface area contributed by atoms with Crippen molar-refractivity contribution >= 4 is 11.8 Å².